The fraction of sp³-hybridized carbons (Fsp3) is 0.440. The van der Waals surface area contributed by atoms with Crippen LogP contribution in [0.15, 0.2) is 30.3 Å². The van der Waals surface area contributed by atoms with Gasteiger partial charge >= 0.3 is 11.9 Å². The highest BCUT2D eigenvalue weighted by Gasteiger charge is 2.34. The number of hydrogen-bond acceptors (Lipinski definition) is 6. The van der Waals surface area contributed by atoms with Gasteiger partial charge in [-0.05, 0) is 79.6 Å². The Hall–Kier alpha value is -2.19. The van der Waals surface area contributed by atoms with E-state index in [0.29, 0.717) is 54.3 Å². The molecule has 6 nitrogen and oxygen atoms in total. The number of nitrogens with one attached hydrogen (secondary N) is 1. The molecule has 5 rings (SSSR count). The number of rotatable bonds is 7. The highest BCUT2D eigenvalue weighted by atomic mass is 35.5. The summed E-state index contributed by atoms with van der Waals surface area (Å²) in [4.78, 5) is 26.9. The molecule has 1 atom stereocenters. The van der Waals surface area contributed by atoms with E-state index in [1.807, 2.05) is 0 Å². The number of carbonyl (C=O) groups excluding carboxylic acids is 2. The van der Waals surface area contributed by atoms with Gasteiger partial charge in [-0.25, -0.2) is 14.0 Å². The van der Waals surface area contributed by atoms with Crippen molar-refractivity contribution in [1.82, 2.24) is 10.2 Å². The molecule has 2 aromatic rings. The SMILES string of the molecule is O=C(OC(=O)[C@@H]1CCCN1)c1cc(C2CC2)c(CN2CC(Oc3cc(Cl)cc(Cl)c3)C2)cc1F. The summed E-state index contributed by atoms with van der Waals surface area (Å²) in [6, 6.07) is 7.58. The molecule has 2 heterocycles. The molecule has 3 aliphatic rings. The predicted octanol–water partition coefficient (Wildman–Crippen LogP) is 4.71. The largest absolute Gasteiger partial charge is 0.488 e. The number of nitrogens with zero attached hydrogens (tertiary/aromatic N) is 1. The van der Waals surface area contributed by atoms with E-state index in [2.05, 4.69) is 10.2 Å². The van der Waals surface area contributed by atoms with Crippen LogP contribution in [0.1, 0.15) is 53.1 Å². The van der Waals surface area contributed by atoms with Gasteiger partial charge in [0.2, 0.25) is 0 Å². The van der Waals surface area contributed by atoms with E-state index < -0.39 is 23.8 Å². The average Bonchev–Trinajstić information content (AvgIpc) is 3.43. The van der Waals surface area contributed by atoms with E-state index >= 15 is 0 Å². The van der Waals surface area contributed by atoms with Crippen LogP contribution in [0, 0.1) is 5.82 Å². The van der Waals surface area contributed by atoms with Crippen molar-refractivity contribution in [3.05, 3.63) is 62.9 Å². The second-order valence-corrected chi connectivity index (χ2v) is 10.1. The zero-order valence-corrected chi connectivity index (χ0v) is 20.0. The summed E-state index contributed by atoms with van der Waals surface area (Å²) < 4.78 is 25.8. The van der Waals surface area contributed by atoms with E-state index in [1.165, 1.54) is 6.07 Å². The summed E-state index contributed by atoms with van der Waals surface area (Å²) in [6.07, 6.45) is 3.45. The van der Waals surface area contributed by atoms with Crippen molar-refractivity contribution in [3.8, 4) is 5.75 Å². The topological polar surface area (TPSA) is 67.9 Å². The van der Waals surface area contributed by atoms with Crippen LogP contribution < -0.4 is 10.1 Å². The van der Waals surface area contributed by atoms with Crippen molar-refractivity contribution >= 4 is 35.1 Å². The minimum absolute atomic E-state index is 0.00628. The summed E-state index contributed by atoms with van der Waals surface area (Å²) in [5.74, 6) is -1.32. The van der Waals surface area contributed by atoms with E-state index in [4.69, 9.17) is 32.7 Å². The van der Waals surface area contributed by atoms with E-state index in [-0.39, 0.29) is 11.7 Å². The molecule has 0 bridgehead atoms. The Morgan fingerprint density at radius 2 is 1.79 bits per heavy atom. The van der Waals surface area contributed by atoms with Gasteiger partial charge in [0.1, 0.15) is 23.7 Å². The number of carbonyl (C=O) groups is 2. The maximum atomic E-state index is 14.9. The molecule has 0 unspecified atom stereocenters. The lowest BCUT2D eigenvalue weighted by Crippen LogP contribution is -2.53. The predicted molar refractivity (Wildman–Crippen MR) is 126 cm³/mol. The summed E-state index contributed by atoms with van der Waals surface area (Å²) in [5.41, 5.74) is 1.62. The molecule has 1 N–H and O–H groups in total. The van der Waals surface area contributed by atoms with Gasteiger partial charge < -0.3 is 14.8 Å². The molecule has 0 radical (unpaired) electrons. The van der Waals surface area contributed by atoms with Gasteiger partial charge in [0.25, 0.3) is 0 Å². The fourth-order valence-electron chi connectivity index (χ4n) is 4.56. The Kier molecular flexibility index (Phi) is 6.80. The third-order valence-electron chi connectivity index (χ3n) is 6.46. The standard InChI is InChI=1S/C25H25Cl2FN2O4/c26-16-7-17(27)9-18(8-16)33-19-12-30(13-19)11-15-6-22(28)21(10-20(15)14-3-4-14)24(31)34-25(32)23-2-1-5-29-23/h6-10,14,19,23,29H,1-5,11-13H2/t23-/m0/s1. The zero-order valence-electron chi connectivity index (χ0n) is 18.5. The first-order chi connectivity index (χ1) is 16.4. The summed E-state index contributed by atoms with van der Waals surface area (Å²) in [6.45, 7) is 2.63. The van der Waals surface area contributed by atoms with Crippen molar-refractivity contribution in [2.75, 3.05) is 19.6 Å². The van der Waals surface area contributed by atoms with Gasteiger partial charge in [0.15, 0.2) is 0 Å². The lowest BCUT2D eigenvalue weighted by Gasteiger charge is -2.39. The first-order valence-corrected chi connectivity index (χ1v) is 12.3. The minimum Gasteiger partial charge on any atom is -0.488 e. The van der Waals surface area contributed by atoms with Crippen LogP contribution in [0.2, 0.25) is 10.0 Å². The van der Waals surface area contributed by atoms with Crippen LogP contribution in [0.25, 0.3) is 0 Å². The Balaban J connectivity index is 1.23. The Bertz CT molecular complexity index is 1090. The number of esters is 2. The molecular weight excluding hydrogens is 482 g/mol. The second kappa shape index (κ2) is 9.82. The second-order valence-electron chi connectivity index (χ2n) is 9.20. The highest BCUT2D eigenvalue weighted by Crippen LogP contribution is 2.43. The highest BCUT2D eigenvalue weighted by molar-refractivity contribution is 6.34. The molecule has 0 spiro atoms. The van der Waals surface area contributed by atoms with Crippen molar-refractivity contribution in [2.24, 2.45) is 0 Å². The van der Waals surface area contributed by atoms with Crippen molar-refractivity contribution in [3.63, 3.8) is 0 Å². The monoisotopic (exact) mass is 506 g/mol. The quantitative estimate of drug-likeness (QED) is 0.433. The van der Waals surface area contributed by atoms with Gasteiger partial charge in [0.05, 0.1) is 5.56 Å². The van der Waals surface area contributed by atoms with Crippen LogP contribution in [0.4, 0.5) is 4.39 Å². The van der Waals surface area contributed by atoms with Crippen LogP contribution in [-0.2, 0) is 16.1 Å². The Labute approximate surface area is 207 Å². The average molecular weight is 507 g/mol. The zero-order chi connectivity index (χ0) is 23.8. The number of halogens is 3. The van der Waals surface area contributed by atoms with E-state index in [9.17, 15) is 14.0 Å². The van der Waals surface area contributed by atoms with Crippen LogP contribution in [0.5, 0.6) is 5.75 Å². The van der Waals surface area contributed by atoms with Gasteiger partial charge in [-0.1, -0.05) is 23.2 Å². The summed E-state index contributed by atoms with van der Waals surface area (Å²) in [7, 11) is 0. The molecule has 180 valence electrons. The smallest absolute Gasteiger partial charge is 0.348 e. The van der Waals surface area contributed by atoms with Crippen LogP contribution in [0.3, 0.4) is 0 Å². The number of ether oxygens (including phenoxy) is 2. The molecular formula is C25H25Cl2FN2O4. The molecule has 0 amide bonds. The molecule has 2 aromatic carbocycles. The Morgan fingerprint density at radius 1 is 1.06 bits per heavy atom. The Morgan fingerprint density at radius 3 is 2.44 bits per heavy atom. The maximum Gasteiger partial charge on any atom is 0.348 e. The first-order valence-electron chi connectivity index (χ1n) is 11.5. The number of benzene rings is 2. The summed E-state index contributed by atoms with van der Waals surface area (Å²) >= 11 is 12.1. The first kappa shape index (κ1) is 23.5. The van der Waals surface area contributed by atoms with E-state index in [0.717, 1.165) is 30.4 Å². The lowest BCUT2D eigenvalue weighted by molar-refractivity contribution is -0.139. The third-order valence-corrected chi connectivity index (χ3v) is 6.90. The van der Waals surface area contributed by atoms with Crippen molar-refractivity contribution in [1.29, 1.82) is 0 Å². The van der Waals surface area contributed by atoms with Gasteiger partial charge in [-0.15, -0.1) is 0 Å². The molecule has 0 aromatic heterocycles. The molecule has 3 fully saturated rings. The number of hydrogen-bond donors (Lipinski definition) is 1. The maximum absolute atomic E-state index is 14.9. The van der Waals surface area contributed by atoms with Gasteiger partial charge in [0, 0.05) is 29.7 Å². The third kappa shape index (κ3) is 5.38. The van der Waals surface area contributed by atoms with Crippen molar-refractivity contribution < 1.29 is 23.5 Å². The normalized spacial score (nSPS) is 20.7. The molecule has 2 saturated heterocycles. The van der Waals surface area contributed by atoms with Crippen LogP contribution >= 0.6 is 23.2 Å². The van der Waals surface area contributed by atoms with Gasteiger partial charge in [-0.3, -0.25) is 4.90 Å². The molecule has 9 heteroatoms. The molecule has 34 heavy (non-hydrogen) atoms. The fourth-order valence-corrected chi connectivity index (χ4v) is 5.06. The molecule has 1 saturated carbocycles. The molecule has 2 aliphatic heterocycles. The van der Waals surface area contributed by atoms with E-state index in [1.54, 1.807) is 24.3 Å². The minimum atomic E-state index is -0.928. The van der Waals surface area contributed by atoms with Crippen molar-refractivity contribution in [2.45, 2.75) is 50.3 Å². The summed E-state index contributed by atoms with van der Waals surface area (Å²) in [5, 5.41) is 4.02. The molecule has 1 aliphatic carbocycles. The number of likely N-dealkylation sites (tertiary alicyclic amines) is 1. The lowest BCUT2D eigenvalue weighted by atomic mass is 9.97. The van der Waals surface area contributed by atoms with Crippen LogP contribution in [-0.4, -0.2) is 48.6 Å². The van der Waals surface area contributed by atoms with Gasteiger partial charge in [-0.2, -0.15) is 0 Å².